The van der Waals surface area contributed by atoms with Crippen LogP contribution in [0.3, 0.4) is 0 Å². The lowest BCUT2D eigenvalue weighted by molar-refractivity contribution is 0.0585. The average Bonchev–Trinajstić information content (AvgIpc) is 3.13. The first-order valence-electron chi connectivity index (χ1n) is 9.92. The van der Waals surface area contributed by atoms with Crippen molar-refractivity contribution in [3.05, 3.63) is 65.2 Å². The van der Waals surface area contributed by atoms with Gasteiger partial charge < -0.3 is 15.1 Å². The molecular weight excluding hydrogens is 408 g/mol. The highest BCUT2D eigenvalue weighted by atomic mass is 32.2. The summed E-state index contributed by atoms with van der Waals surface area (Å²) < 4.78 is 26.4. The molecule has 0 saturated carbocycles. The molecule has 4 rings (SSSR count). The van der Waals surface area contributed by atoms with E-state index in [4.69, 9.17) is 0 Å². The van der Waals surface area contributed by atoms with E-state index in [0.29, 0.717) is 38.0 Å². The van der Waals surface area contributed by atoms with Crippen LogP contribution < -0.4 is 5.32 Å². The number of nitrogens with one attached hydrogen (secondary N) is 1. The number of carbonyl (C=O) groups excluding carboxylic acids is 2. The third-order valence-electron chi connectivity index (χ3n) is 5.69. The van der Waals surface area contributed by atoms with Crippen molar-refractivity contribution >= 4 is 29.4 Å². The average molecular weight is 432 g/mol. The second-order valence-corrected chi connectivity index (χ2v) is 9.12. The van der Waals surface area contributed by atoms with Crippen LogP contribution in [0.1, 0.15) is 28.8 Å². The molecule has 0 atom stereocenters. The van der Waals surface area contributed by atoms with Crippen molar-refractivity contribution in [3.8, 4) is 0 Å². The van der Waals surface area contributed by atoms with E-state index < -0.39 is 11.6 Å². The summed E-state index contributed by atoms with van der Waals surface area (Å²) in [6, 6.07) is 10.5. The molecule has 30 heavy (non-hydrogen) atoms. The Balaban J connectivity index is 1.41. The fourth-order valence-corrected chi connectivity index (χ4v) is 5.53. The van der Waals surface area contributed by atoms with Crippen LogP contribution in [0.4, 0.5) is 19.3 Å². The number of rotatable bonds is 2. The summed E-state index contributed by atoms with van der Waals surface area (Å²) in [5, 5.41) is 2.62. The fourth-order valence-electron chi connectivity index (χ4n) is 4.08. The van der Waals surface area contributed by atoms with Crippen LogP contribution in [0.2, 0.25) is 0 Å². The molecule has 0 radical (unpaired) electrons. The first-order valence-corrected chi connectivity index (χ1v) is 10.9. The summed E-state index contributed by atoms with van der Waals surface area (Å²) >= 11 is 1.78. The van der Waals surface area contributed by atoms with Crippen LogP contribution >= 0.6 is 11.8 Å². The number of nitrogens with zero attached hydrogens (tertiary/aromatic N) is 2. The Labute approximate surface area is 178 Å². The first kappa shape index (κ1) is 20.7. The normalized spacial score (nSPS) is 18.0. The number of benzene rings is 2. The topological polar surface area (TPSA) is 52.7 Å². The zero-order chi connectivity index (χ0) is 21.3. The quantitative estimate of drug-likeness (QED) is 0.763. The van der Waals surface area contributed by atoms with Crippen molar-refractivity contribution in [2.75, 3.05) is 30.7 Å². The zero-order valence-electron chi connectivity index (χ0n) is 16.7. The van der Waals surface area contributed by atoms with E-state index in [0.717, 1.165) is 23.4 Å². The molecule has 2 aromatic rings. The molecule has 2 fully saturated rings. The second-order valence-electron chi connectivity index (χ2n) is 7.67. The van der Waals surface area contributed by atoms with Gasteiger partial charge in [0, 0.05) is 42.7 Å². The molecule has 0 aliphatic carbocycles. The van der Waals surface area contributed by atoms with E-state index in [9.17, 15) is 18.4 Å². The van der Waals surface area contributed by atoms with Crippen LogP contribution in [0.25, 0.3) is 0 Å². The summed E-state index contributed by atoms with van der Waals surface area (Å²) in [5.74, 6) is -1.05. The van der Waals surface area contributed by atoms with Gasteiger partial charge in [0.2, 0.25) is 0 Å². The van der Waals surface area contributed by atoms with Gasteiger partial charge in [-0.25, -0.2) is 13.6 Å². The summed E-state index contributed by atoms with van der Waals surface area (Å²) in [4.78, 5) is 29.0. The molecule has 2 aliphatic heterocycles. The van der Waals surface area contributed by atoms with Crippen molar-refractivity contribution in [2.24, 2.45) is 0 Å². The second kappa shape index (κ2) is 8.26. The summed E-state index contributed by atoms with van der Waals surface area (Å²) in [6.07, 6.45) is 1.33. The van der Waals surface area contributed by atoms with Crippen LogP contribution in [-0.4, -0.2) is 52.0 Å². The zero-order valence-corrected chi connectivity index (χ0v) is 17.5. The lowest BCUT2D eigenvalue weighted by Gasteiger charge is -2.44. The van der Waals surface area contributed by atoms with Gasteiger partial charge in [-0.1, -0.05) is 17.7 Å². The number of carbonyl (C=O) groups is 2. The van der Waals surface area contributed by atoms with Gasteiger partial charge in [-0.2, -0.15) is 0 Å². The minimum atomic E-state index is -1.00. The van der Waals surface area contributed by atoms with Crippen LogP contribution in [-0.2, 0) is 0 Å². The molecule has 0 unspecified atom stereocenters. The molecule has 158 valence electrons. The predicted molar refractivity (Wildman–Crippen MR) is 114 cm³/mol. The maximum Gasteiger partial charge on any atom is 0.321 e. The molecule has 3 amide bonds. The molecule has 5 nitrogen and oxygen atoms in total. The Morgan fingerprint density at radius 3 is 2.50 bits per heavy atom. The van der Waals surface area contributed by atoms with Crippen molar-refractivity contribution in [1.82, 2.24) is 9.80 Å². The summed E-state index contributed by atoms with van der Waals surface area (Å²) in [5.41, 5.74) is 1.95. The molecule has 1 N–H and O–H groups in total. The van der Waals surface area contributed by atoms with Gasteiger partial charge in [0.05, 0.1) is 4.87 Å². The van der Waals surface area contributed by atoms with Crippen molar-refractivity contribution in [2.45, 2.75) is 24.6 Å². The predicted octanol–water partition coefficient (Wildman–Crippen LogP) is 4.49. The molecule has 2 heterocycles. The number of halogens is 2. The van der Waals surface area contributed by atoms with E-state index in [-0.39, 0.29) is 22.5 Å². The van der Waals surface area contributed by atoms with Crippen molar-refractivity contribution in [1.29, 1.82) is 0 Å². The molecule has 1 spiro atoms. The number of urea groups is 1. The Bertz CT molecular complexity index is 977. The van der Waals surface area contributed by atoms with Gasteiger partial charge >= 0.3 is 6.03 Å². The van der Waals surface area contributed by atoms with E-state index in [1.54, 1.807) is 16.7 Å². The number of thioether (sulfide) groups is 1. The van der Waals surface area contributed by atoms with Gasteiger partial charge in [0.1, 0.15) is 0 Å². The van der Waals surface area contributed by atoms with E-state index in [1.165, 1.54) is 6.07 Å². The molecule has 2 aromatic carbocycles. The number of piperidine rings is 1. The smallest absolute Gasteiger partial charge is 0.321 e. The lowest BCUT2D eigenvalue weighted by Crippen LogP contribution is -2.54. The van der Waals surface area contributed by atoms with Gasteiger partial charge in [-0.15, -0.1) is 11.8 Å². The van der Waals surface area contributed by atoms with Gasteiger partial charge in [-0.05, 0) is 44.0 Å². The van der Waals surface area contributed by atoms with Crippen LogP contribution in [0, 0.1) is 18.6 Å². The van der Waals surface area contributed by atoms with Gasteiger partial charge in [-0.3, -0.25) is 4.79 Å². The molecule has 0 bridgehead atoms. The maximum atomic E-state index is 13.4. The molecule has 0 aromatic heterocycles. The highest BCUT2D eigenvalue weighted by Gasteiger charge is 2.47. The van der Waals surface area contributed by atoms with Crippen LogP contribution in [0.5, 0.6) is 0 Å². The third kappa shape index (κ3) is 4.01. The number of aryl methyl sites for hydroxylation is 1. The van der Waals surface area contributed by atoms with Gasteiger partial charge in [0.15, 0.2) is 11.6 Å². The number of hydrogen-bond acceptors (Lipinski definition) is 3. The number of likely N-dealkylation sites (tertiary alicyclic amines) is 1. The molecule has 2 saturated heterocycles. The molecular formula is C22H23F2N3O2S. The molecule has 8 heteroatoms. The number of hydrogen-bond donors (Lipinski definition) is 1. The van der Waals surface area contributed by atoms with E-state index in [1.807, 2.05) is 36.1 Å². The summed E-state index contributed by atoms with van der Waals surface area (Å²) in [6.45, 7) is 3.63. The van der Waals surface area contributed by atoms with E-state index >= 15 is 0 Å². The highest BCUT2D eigenvalue weighted by Crippen LogP contribution is 2.44. The fraction of sp³-hybridized carbons (Fsp3) is 0.364. The lowest BCUT2D eigenvalue weighted by atomic mass is 10.0. The Morgan fingerprint density at radius 1 is 1.03 bits per heavy atom. The standard InChI is InChI=1S/C22H23F2N3O2S/c1-15-3-2-4-16(13-15)20(28)27-11-12-30-22(27)7-9-26(10-8-22)21(29)25-17-5-6-18(23)19(24)14-17/h2-6,13-14H,7-12H2,1H3,(H,25,29). The third-order valence-corrected chi connectivity index (χ3v) is 7.24. The van der Waals surface area contributed by atoms with Crippen molar-refractivity contribution < 1.29 is 18.4 Å². The maximum absolute atomic E-state index is 13.4. The largest absolute Gasteiger partial charge is 0.324 e. The monoisotopic (exact) mass is 431 g/mol. The Kier molecular flexibility index (Phi) is 5.69. The van der Waals surface area contributed by atoms with Crippen LogP contribution in [0.15, 0.2) is 42.5 Å². The number of anilines is 1. The minimum absolute atomic E-state index is 0.0309. The Hall–Kier alpha value is -2.61. The SMILES string of the molecule is Cc1cccc(C(=O)N2CCSC23CCN(C(=O)Nc2ccc(F)c(F)c2)CC3)c1. The van der Waals surface area contributed by atoms with E-state index in [2.05, 4.69) is 5.32 Å². The van der Waals surface area contributed by atoms with Crippen molar-refractivity contribution in [3.63, 3.8) is 0 Å². The summed E-state index contributed by atoms with van der Waals surface area (Å²) in [7, 11) is 0. The molecule has 2 aliphatic rings. The highest BCUT2D eigenvalue weighted by molar-refractivity contribution is 8.00. The van der Waals surface area contributed by atoms with Gasteiger partial charge in [0.25, 0.3) is 5.91 Å². The number of amides is 3. The minimum Gasteiger partial charge on any atom is -0.324 e. The first-order chi connectivity index (χ1) is 14.4. The Morgan fingerprint density at radius 2 is 1.80 bits per heavy atom.